The van der Waals surface area contributed by atoms with E-state index in [4.69, 9.17) is 0 Å². The number of pyridine rings is 1. The topological polar surface area (TPSA) is 42.0 Å². The first-order chi connectivity index (χ1) is 11.1. The van der Waals surface area contributed by atoms with Gasteiger partial charge in [-0.15, -0.1) is 11.3 Å². The molecule has 118 valence electrons. The number of hydrogen-bond acceptors (Lipinski definition) is 4. The van der Waals surface area contributed by atoms with Crippen LogP contribution in [0.25, 0.3) is 10.9 Å². The minimum absolute atomic E-state index is 0.0380. The van der Waals surface area contributed by atoms with Gasteiger partial charge < -0.3 is 5.32 Å². The van der Waals surface area contributed by atoms with Gasteiger partial charge in [0, 0.05) is 10.3 Å². The average molecular weight is 342 g/mol. The molecule has 1 unspecified atom stereocenters. The molecule has 1 amide bonds. The second kappa shape index (κ2) is 7.15. The van der Waals surface area contributed by atoms with Crippen LogP contribution in [-0.4, -0.2) is 16.1 Å². The molecule has 3 aromatic rings. The molecule has 1 atom stereocenters. The van der Waals surface area contributed by atoms with Crippen molar-refractivity contribution in [2.24, 2.45) is 0 Å². The first kappa shape index (κ1) is 16.0. The largest absolute Gasteiger partial charge is 0.350 e. The number of para-hydroxylation sites is 1. The van der Waals surface area contributed by atoms with Crippen LogP contribution < -0.4 is 5.32 Å². The number of rotatable bonds is 5. The molecule has 0 saturated heterocycles. The number of aryl methyl sites for hydroxylation is 1. The second-order valence-electron chi connectivity index (χ2n) is 5.35. The van der Waals surface area contributed by atoms with Gasteiger partial charge in [0.1, 0.15) is 0 Å². The molecule has 0 radical (unpaired) electrons. The number of nitrogens with one attached hydrogen (secondary N) is 1. The molecule has 2 aromatic heterocycles. The van der Waals surface area contributed by atoms with Crippen molar-refractivity contribution in [2.45, 2.75) is 30.7 Å². The highest BCUT2D eigenvalue weighted by Crippen LogP contribution is 2.26. The quantitative estimate of drug-likeness (QED) is 0.699. The van der Waals surface area contributed by atoms with E-state index < -0.39 is 0 Å². The minimum atomic E-state index is -0.178. The Hall–Kier alpha value is -1.85. The SMILES string of the molecule is Cc1cc(SC(C)C(=O)NCc2cccs2)nc2ccccc12. The molecule has 3 nitrogen and oxygen atoms in total. The first-order valence-corrected chi connectivity index (χ1v) is 9.22. The molecule has 0 saturated carbocycles. The first-order valence-electron chi connectivity index (χ1n) is 7.46. The molecular formula is C18H18N2OS2. The van der Waals surface area contributed by atoms with Gasteiger partial charge in [0.15, 0.2) is 0 Å². The van der Waals surface area contributed by atoms with Crippen molar-refractivity contribution in [2.75, 3.05) is 0 Å². The number of hydrogen-bond donors (Lipinski definition) is 1. The number of carbonyl (C=O) groups excluding carboxylic acids is 1. The highest BCUT2D eigenvalue weighted by Gasteiger charge is 2.15. The molecule has 0 aliphatic heterocycles. The predicted molar refractivity (Wildman–Crippen MR) is 98.0 cm³/mol. The molecular weight excluding hydrogens is 324 g/mol. The Kier molecular flexibility index (Phi) is 4.98. The van der Waals surface area contributed by atoms with Crippen molar-refractivity contribution in [1.82, 2.24) is 10.3 Å². The normalized spacial score (nSPS) is 12.3. The van der Waals surface area contributed by atoms with E-state index in [0.29, 0.717) is 6.54 Å². The maximum Gasteiger partial charge on any atom is 0.233 e. The standard InChI is InChI=1S/C18H18N2OS2/c1-12-10-17(20-16-8-4-3-7-15(12)16)23-13(2)18(21)19-11-14-6-5-9-22-14/h3-10,13H,11H2,1-2H3,(H,19,21). The number of thioether (sulfide) groups is 1. The number of amides is 1. The summed E-state index contributed by atoms with van der Waals surface area (Å²) >= 11 is 3.15. The van der Waals surface area contributed by atoms with Crippen molar-refractivity contribution in [1.29, 1.82) is 0 Å². The van der Waals surface area contributed by atoms with Crippen LogP contribution in [0.3, 0.4) is 0 Å². The van der Waals surface area contributed by atoms with Crippen molar-refractivity contribution < 1.29 is 4.79 Å². The number of benzene rings is 1. The third-order valence-electron chi connectivity index (χ3n) is 3.58. The number of carbonyl (C=O) groups is 1. The molecule has 1 N–H and O–H groups in total. The lowest BCUT2D eigenvalue weighted by atomic mass is 10.1. The zero-order valence-electron chi connectivity index (χ0n) is 13.1. The van der Waals surface area contributed by atoms with Crippen molar-refractivity contribution in [3.63, 3.8) is 0 Å². The Morgan fingerprint density at radius 2 is 2.13 bits per heavy atom. The predicted octanol–water partition coefficient (Wildman–Crippen LogP) is 4.40. The van der Waals surface area contributed by atoms with Crippen molar-refractivity contribution in [3.05, 3.63) is 58.3 Å². The maximum atomic E-state index is 12.2. The lowest BCUT2D eigenvalue weighted by molar-refractivity contribution is -0.120. The van der Waals surface area contributed by atoms with Crippen LogP contribution >= 0.6 is 23.1 Å². The fraction of sp³-hybridized carbons (Fsp3) is 0.222. The summed E-state index contributed by atoms with van der Waals surface area (Å²) < 4.78 is 0. The van der Waals surface area contributed by atoms with E-state index in [1.807, 2.05) is 42.6 Å². The Balaban J connectivity index is 1.67. The van der Waals surface area contributed by atoms with E-state index in [0.717, 1.165) is 20.8 Å². The molecule has 0 aliphatic rings. The number of nitrogens with zero attached hydrogens (tertiary/aromatic N) is 1. The molecule has 0 spiro atoms. The molecule has 3 rings (SSSR count). The van der Waals surface area contributed by atoms with Crippen LogP contribution in [0.4, 0.5) is 0 Å². The van der Waals surface area contributed by atoms with Gasteiger partial charge in [0.2, 0.25) is 5.91 Å². The minimum Gasteiger partial charge on any atom is -0.350 e. The highest BCUT2D eigenvalue weighted by molar-refractivity contribution is 8.00. The molecule has 0 fully saturated rings. The maximum absolute atomic E-state index is 12.2. The second-order valence-corrected chi connectivity index (χ2v) is 7.75. The third-order valence-corrected chi connectivity index (χ3v) is 5.48. The van der Waals surface area contributed by atoms with E-state index in [2.05, 4.69) is 29.4 Å². The molecule has 5 heteroatoms. The lowest BCUT2D eigenvalue weighted by Gasteiger charge is -2.12. The summed E-state index contributed by atoms with van der Waals surface area (Å²) in [5.74, 6) is 0.0380. The Morgan fingerprint density at radius 3 is 2.91 bits per heavy atom. The van der Waals surface area contributed by atoms with Crippen LogP contribution in [0.15, 0.2) is 52.9 Å². The fourth-order valence-electron chi connectivity index (χ4n) is 2.34. The summed E-state index contributed by atoms with van der Waals surface area (Å²) in [4.78, 5) is 18.1. The monoisotopic (exact) mass is 342 g/mol. The number of fused-ring (bicyclic) bond motifs is 1. The Bertz CT molecular complexity index is 815. The summed E-state index contributed by atoms with van der Waals surface area (Å²) in [6, 6.07) is 14.2. The summed E-state index contributed by atoms with van der Waals surface area (Å²) in [7, 11) is 0. The lowest BCUT2D eigenvalue weighted by Crippen LogP contribution is -2.30. The summed E-state index contributed by atoms with van der Waals surface area (Å²) in [5.41, 5.74) is 2.16. The summed E-state index contributed by atoms with van der Waals surface area (Å²) in [5, 5.41) is 6.87. The highest BCUT2D eigenvalue weighted by atomic mass is 32.2. The summed E-state index contributed by atoms with van der Waals surface area (Å²) in [6.45, 7) is 4.59. The van der Waals surface area contributed by atoms with E-state index in [9.17, 15) is 4.79 Å². The van der Waals surface area contributed by atoms with Gasteiger partial charge in [-0.2, -0.15) is 0 Å². The van der Waals surface area contributed by atoms with Gasteiger partial charge >= 0.3 is 0 Å². The molecule has 0 aliphatic carbocycles. The number of aromatic nitrogens is 1. The number of thiophene rings is 1. The Morgan fingerprint density at radius 1 is 1.30 bits per heavy atom. The van der Waals surface area contributed by atoms with Gasteiger partial charge in [-0.1, -0.05) is 36.0 Å². The molecule has 23 heavy (non-hydrogen) atoms. The molecule has 1 aromatic carbocycles. The van der Waals surface area contributed by atoms with Gasteiger partial charge in [0.25, 0.3) is 0 Å². The van der Waals surface area contributed by atoms with Crippen LogP contribution in [0.2, 0.25) is 0 Å². The van der Waals surface area contributed by atoms with E-state index in [1.54, 1.807) is 11.3 Å². The van der Waals surface area contributed by atoms with Crippen molar-refractivity contribution >= 4 is 39.9 Å². The molecule has 0 bridgehead atoms. The fourth-order valence-corrected chi connectivity index (χ4v) is 3.94. The van der Waals surface area contributed by atoms with Crippen LogP contribution in [0.5, 0.6) is 0 Å². The summed E-state index contributed by atoms with van der Waals surface area (Å²) in [6.07, 6.45) is 0. The van der Waals surface area contributed by atoms with Gasteiger partial charge in [-0.3, -0.25) is 4.79 Å². The Labute approximate surface area is 144 Å². The smallest absolute Gasteiger partial charge is 0.233 e. The van der Waals surface area contributed by atoms with Gasteiger partial charge in [-0.05, 0) is 43.0 Å². The van der Waals surface area contributed by atoms with E-state index >= 15 is 0 Å². The third kappa shape index (κ3) is 3.92. The van der Waals surface area contributed by atoms with E-state index in [1.165, 1.54) is 17.3 Å². The zero-order valence-corrected chi connectivity index (χ0v) is 14.7. The van der Waals surface area contributed by atoms with Gasteiger partial charge in [-0.25, -0.2) is 4.98 Å². The zero-order chi connectivity index (χ0) is 16.2. The van der Waals surface area contributed by atoms with Crippen LogP contribution in [-0.2, 0) is 11.3 Å². The van der Waals surface area contributed by atoms with Gasteiger partial charge in [0.05, 0.1) is 22.3 Å². The van der Waals surface area contributed by atoms with Crippen LogP contribution in [0, 0.1) is 6.92 Å². The van der Waals surface area contributed by atoms with Crippen LogP contribution in [0.1, 0.15) is 17.4 Å². The average Bonchev–Trinajstić information content (AvgIpc) is 3.06. The van der Waals surface area contributed by atoms with E-state index in [-0.39, 0.29) is 11.2 Å². The molecule has 2 heterocycles. The van der Waals surface area contributed by atoms with Crippen molar-refractivity contribution in [3.8, 4) is 0 Å².